The van der Waals surface area contributed by atoms with Crippen molar-refractivity contribution in [3.8, 4) is 5.75 Å². The van der Waals surface area contributed by atoms with Crippen LogP contribution in [0.1, 0.15) is 35.7 Å². The van der Waals surface area contributed by atoms with Crippen molar-refractivity contribution in [1.29, 1.82) is 0 Å². The second-order valence-electron chi connectivity index (χ2n) is 7.37. The summed E-state index contributed by atoms with van der Waals surface area (Å²) in [5.74, 6) is 0.514. The summed E-state index contributed by atoms with van der Waals surface area (Å²) in [7, 11) is 0. The van der Waals surface area contributed by atoms with Crippen molar-refractivity contribution in [2.75, 3.05) is 38.2 Å². The number of hydrogen-bond acceptors (Lipinski definition) is 4. The molecule has 1 amide bonds. The SMILES string of the molecule is CCCCOc1ccc(C(=O)NC(=S)Nc2ccc(C[NH+]3CCOCC3)cc2)cc1. The summed E-state index contributed by atoms with van der Waals surface area (Å²) >= 11 is 5.29. The van der Waals surface area contributed by atoms with Crippen LogP contribution in [0.3, 0.4) is 0 Å². The number of unbranched alkanes of at least 4 members (excludes halogenated alkanes) is 1. The summed E-state index contributed by atoms with van der Waals surface area (Å²) in [4.78, 5) is 13.9. The Bertz CT molecular complexity index is 819. The van der Waals surface area contributed by atoms with Gasteiger partial charge < -0.3 is 19.7 Å². The smallest absolute Gasteiger partial charge is 0.257 e. The molecule has 1 aliphatic heterocycles. The maximum absolute atomic E-state index is 12.4. The molecule has 30 heavy (non-hydrogen) atoms. The van der Waals surface area contributed by atoms with Crippen LogP contribution in [-0.4, -0.2) is 43.9 Å². The summed E-state index contributed by atoms with van der Waals surface area (Å²) in [5, 5.41) is 6.06. The van der Waals surface area contributed by atoms with Gasteiger partial charge in [-0.15, -0.1) is 0 Å². The second-order valence-corrected chi connectivity index (χ2v) is 7.78. The first-order chi connectivity index (χ1) is 14.6. The van der Waals surface area contributed by atoms with Crippen LogP contribution in [0, 0.1) is 0 Å². The monoisotopic (exact) mass is 428 g/mol. The molecule has 7 heteroatoms. The molecule has 0 unspecified atom stereocenters. The fourth-order valence-electron chi connectivity index (χ4n) is 3.21. The minimum absolute atomic E-state index is 0.250. The molecule has 1 aliphatic rings. The lowest BCUT2D eigenvalue weighted by atomic mass is 10.2. The van der Waals surface area contributed by atoms with E-state index in [1.165, 1.54) is 10.5 Å². The van der Waals surface area contributed by atoms with Gasteiger partial charge in [-0.1, -0.05) is 25.5 Å². The molecular weight excluding hydrogens is 398 g/mol. The van der Waals surface area contributed by atoms with Crippen LogP contribution in [0.2, 0.25) is 0 Å². The quantitative estimate of drug-likeness (QED) is 0.445. The third-order valence-corrected chi connectivity index (χ3v) is 5.18. The van der Waals surface area contributed by atoms with Crippen molar-refractivity contribution in [1.82, 2.24) is 5.32 Å². The molecule has 2 aromatic rings. The summed E-state index contributed by atoms with van der Waals surface area (Å²) in [6, 6.07) is 15.2. The number of carbonyl (C=O) groups is 1. The normalized spacial score (nSPS) is 14.2. The highest BCUT2D eigenvalue weighted by Crippen LogP contribution is 2.13. The number of amides is 1. The van der Waals surface area contributed by atoms with Gasteiger partial charge in [0.25, 0.3) is 5.91 Å². The Morgan fingerprint density at radius 3 is 2.47 bits per heavy atom. The van der Waals surface area contributed by atoms with Gasteiger partial charge in [0, 0.05) is 16.8 Å². The molecule has 0 bridgehead atoms. The second kappa shape index (κ2) is 11.6. The zero-order chi connectivity index (χ0) is 21.2. The third kappa shape index (κ3) is 7.09. The maximum Gasteiger partial charge on any atom is 0.257 e. The number of quaternary nitrogens is 1. The number of ether oxygens (including phenoxy) is 2. The van der Waals surface area contributed by atoms with Crippen LogP contribution in [0.4, 0.5) is 5.69 Å². The molecule has 1 fully saturated rings. The Morgan fingerprint density at radius 2 is 1.80 bits per heavy atom. The van der Waals surface area contributed by atoms with E-state index in [9.17, 15) is 4.79 Å². The molecule has 0 saturated carbocycles. The Balaban J connectivity index is 1.45. The van der Waals surface area contributed by atoms with Gasteiger partial charge in [0.1, 0.15) is 25.4 Å². The van der Waals surface area contributed by atoms with Crippen molar-refractivity contribution in [3.05, 3.63) is 59.7 Å². The highest BCUT2D eigenvalue weighted by atomic mass is 32.1. The van der Waals surface area contributed by atoms with Crippen LogP contribution in [0.5, 0.6) is 5.75 Å². The summed E-state index contributed by atoms with van der Waals surface area (Å²) < 4.78 is 11.0. The number of thiocarbonyl (C=S) groups is 1. The van der Waals surface area contributed by atoms with E-state index >= 15 is 0 Å². The number of morpholine rings is 1. The number of nitrogens with one attached hydrogen (secondary N) is 3. The minimum Gasteiger partial charge on any atom is -0.494 e. The van der Waals surface area contributed by atoms with Gasteiger partial charge in [-0.3, -0.25) is 10.1 Å². The van der Waals surface area contributed by atoms with Crippen LogP contribution in [0.15, 0.2) is 48.5 Å². The van der Waals surface area contributed by atoms with Gasteiger partial charge in [0.05, 0.1) is 19.8 Å². The average molecular weight is 429 g/mol. The predicted molar refractivity (Wildman–Crippen MR) is 122 cm³/mol. The van der Waals surface area contributed by atoms with Crippen molar-refractivity contribution in [3.63, 3.8) is 0 Å². The Hall–Kier alpha value is -2.48. The molecule has 160 valence electrons. The van der Waals surface area contributed by atoms with Gasteiger partial charge >= 0.3 is 0 Å². The van der Waals surface area contributed by atoms with Gasteiger partial charge in [-0.25, -0.2) is 0 Å². The molecule has 1 saturated heterocycles. The third-order valence-electron chi connectivity index (χ3n) is 4.98. The van der Waals surface area contributed by atoms with E-state index in [1.807, 2.05) is 12.1 Å². The van der Waals surface area contributed by atoms with Crippen molar-refractivity contribution >= 4 is 28.9 Å². The van der Waals surface area contributed by atoms with Crippen molar-refractivity contribution in [2.45, 2.75) is 26.3 Å². The van der Waals surface area contributed by atoms with Gasteiger partial charge in [0.15, 0.2) is 5.11 Å². The van der Waals surface area contributed by atoms with Crippen molar-refractivity contribution < 1.29 is 19.2 Å². The average Bonchev–Trinajstić information content (AvgIpc) is 2.76. The fourth-order valence-corrected chi connectivity index (χ4v) is 3.42. The first-order valence-electron chi connectivity index (χ1n) is 10.5. The molecule has 1 heterocycles. The highest BCUT2D eigenvalue weighted by Gasteiger charge is 2.14. The van der Waals surface area contributed by atoms with E-state index in [0.717, 1.165) is 57.1 Å². The molecule has 3 rings (SSSR count). The van der Waals surface area contributed by atoms with Crippen molar-refractivity contribution in [2.24, 2.45) is 0 Å². The number of carbonyl (C=O) groups excluding carboxylic acids is 1. The van der Waals surface area contributed by atoms with Crippen LogP contribution < -0.4 is 20.3 Å². The minimum atomic E-state index is -0.250. The highest BCUT2D eigenvalue weighted by molar-refractivity contribution is 7.80. The van der Waals surface area contributed by atoms with Crippen LogP contribution >= 0.6 is 12.2 Å². The summed E-state index contributed by atoms with van der Waals surface area (Å²) in [5.41, 5.74) is 2.65. The molecule has 6 nitrogen and oxygen atoms in total. The van der Waals surface area contributed by atoms with E-state index in [-0.39, 0.29) is 11.0 Å². The number of hydrogen-bond donors (Lipinski definition) is 3. The zero-order valence-corrected chi connectivity index (χ0v) is 18.2. The standard InChI is InChI=1S/C23H29N3O3S/c1-2-3-14-29-21-10-6-19(7-11-21)22(27)25-23(30)24-20-8-4-18(5-9-20)17-26-12-15-28-16-13-26/h4-11H,2-3,12-17H2,1H3,(H2,24,25,27,30)/p+1. The largest absolute Gasteiger partial charge is 0.494 e. The van der Waals surface area contributed by atoms with Crippen LogP contribution in [-0.2, 0) is 11.3 Å². The number of anilines is 1. The van der Waals surface area contributed by atoms with E-state index < -0.39 is 0 Å². The Labute approximate surface area is 183 Å². The molecule has 0 aliphatic carbocycles. The van der Waals surface area contributed by atoms with Gasteiger partial charge in [-0.05, 0) is 55.0 Å². The number of benzene rings is 2. The van der Waals surface area contributed by atoms with Crippen LogP contribution in [0.25, 0.3) is 0 Å². The summed E-state index contributed by atoms with van der Waals surface area (Å²) in [6.07, 6.45) is 2.10. The predicted octanol–water partition coefficient (Wildman–Crippen LogP) is 2.41. The molecule has 0 radical (unpaired) electrons. The first-order valence-corrected chi connectivity index (χ1v) is 10.9. The van der Waals surface area contributed by atoms with E-state index in [4.69, 9.17) is 21.7 Å². The summed E-state index contributed by atoms with van der Waals surface area (Å²) in [6.45, 7) is 7.54. The number of rotatable bonds is 8. The topological polar surface area (TPSA) is 64.0 Å². The van der Waals surface area contributed by atoms with E-state index in [2.05, 4.69) is 29.7 Å². The zero-order valence-electron chi connectivity index (χ0n) is 17.4. The molecule has 0 spiro atoms. The fraction of sp³-hybridized carbons (Fsp3) is 0.391. The molecular formula is C23H30N3O3S+. The van der Waals surface area contributed by atoms with E-state index in [1.54, 1.807) is 24.3 Å². The van der Waals surface area contributed by atoms with E-state index in [0.29, 0.717) is 12.2 Å². The molecule has 3 N–H and O–H groups in total. The Kier molecular flexibility index (Phi) is 8.62. The van der Waals surface area contributed by atoms with Gasteiger partial charge in [0.2, 0.25) is 0 Å². The Morgan fingerprint density at radius 1 is 1.10 bits per heavy atom. The molecule has 0 aromatic heterocycles. The first kappa shape index (κ1) is 22.2. The lowest BCUT2D eigenvalue weighted by Gasteiger charge is -2.23. The lowest BCUT2D eigenvalue weighted by Crippen LogP contribution is -3.12. The maximum atomic E-state index is 12.4. The van der Waals surface area contributed by atoms with Gasteiger partial charge in [-0.2, -0.15) is 0 Å². The lowest BCUT2D eigenvalue weighted by molar-refractivity contribution is -0.921. The molecule has 0 atom stereocenters. The molecule has 2 aromatic carbocycles.